The van der Waals surface area contributed by atoms with E-state index >= 15 is 0 Å². The lowest BCUT2D eigenvalue weighted by Gasteiger charge is -2.35. The Morgan fingerprint density at radius 1 is 1.30 bits per heavy atom. The van der Waals surface area contributed by atoms with E-state index in [1.165, 1.54) is 11.3 Å². The standard InChI is InChI=1S/C14H17NO3S2/c1-14(2,3)15(6-4-12(16)17)13(18)11-8-10-9(20-11)5-7-19-10/h5,7-8H,4,6H2,1-3H3,(H,16,17). The van der Waals surface area contributed by atoms with Gasteiger partial charge in [-0.2, -0.15) is 0 Å². The first-order valence-electron chi connectivity index (χ1n) is 6.30. The molecule has 2 aromatic rings. The van der Waals surface area contributed by atoms with Crippen LogP contribution >= 0.6 is 22.7 Å². The molecule has 0 atom stereocenters. The molecule has 0 saturated heterocycles. The van der Waals surface area contributed by atoms with Crippen molar-refractivity contribution in [3.63, 3.8) is 0 Å². The van der Waals surface area contributed by atoms with Crippen LogP contribution in [0.3, 0.4) is 0 Å². The molecule has 0 bridgehead atoms. The Hall–Kier alpha value is -1.40. The number of fused-ring (bicyclic) bond motifs is 1. The van der Waals surface area contributed by atoms with E-state index in [1.807, 2.05) is 38.3 Å². The molecule has 0 radical (unpaired) electrons. The largest absolute Gasteiger partial charge is 0.481 e. The molecule has 0 aliphatic carbocycles. The molecule has 0 aliphatic rings. The van der Waals surface area contributed by atoms with Crippen LogP contribution in [0.25, 0.3) is 9.40 Å². The maximum absolute atomic E-state index is 12.6. The summed E-state index contributed by atoms with van der Waals surface area (Å²) in [5.74, 6) is -0.980. The average Bonchev–Trinajstić information content (AvgIpc) is 2.85. The third-order valence-corrected chi connectivity index (χ3v) is 5.04. The van der Waals surface area contributed by atoms with Crippen LogP contribution in [0, 0.1) is 0 Å². The molecule has 6 heteroatoms. The van der Waals surface area contributed by atoms with Gasteiger partial charge >= 0.3 is 5.97 Å². The fraction of sp³-hybridized carbons (Fsp3) is 0.429. The molecule has 20 heavy (non-hydrogen) atoms. The van der Waals surface area contributed by atoms with Crippen LogP contribution in [0.5, 0.6) is 0 Å². The molecule has 0 unspecified atom stereocenters. The number of hydrogen-bond donors (Lipinski definition) is 1. The van der Waals surface area contributed by atoms with E-state index in [2.05, 4.69) is 0 Å². The number of hydrogen-bond acceptors (Lipinski definition) is 4. The van der Waals surface area contributed by atoms with E-state index in [1.54, 1.807) is 16.2 Å². The highest BCUT2D eigenvalue weighted by Crippen LogP contribution is 2.31. The van der Waals surface area contributed by atoms with Gasteiger partial charge in [-0.1, -0.05) is 0 Å². The van der Waals surface area contributed by atoms with Crippen molar-refractivity contribution in [3.8, 4) is 0 Å². The summed E-state index contributed by atoms with van der Waals surface area (Å²) in [6, 6.07) is 3.90. The van der Waals surface area contributed by atoms with Crippen molar-refractivity contribution in [2.45, 2.75) is 32.7 Å². The average molecular weight is 311 g/mol. The van der Waals surface area contributed by atoms with Crippen molar-refractivity contribution in [2.75, 3.05) is 6.54 Å². The summed E-state index contributed by atoms with van der Waals surface area (Å²) >= 11 is 3.07. The Kier molecular flexibility index (Phi) is 4.15. The van der Waals surface area contributed by atoms with Crippen LogP contribution < -0.4 is 0 Å². The molecular weight excluding hydrogens is 294 g/mol. The number of carboxylic acid groups (broad SMARTS) is 1. The highest BCUT2D eigenvalue weighted by Gasteiger charge is 2.28. The molecule has 108 valence electrons. The van der Waals surface area contributed by atoms with Crippen LogP contribution in [0.2, 0.25) is 0 Å². The second-order valence-electron chi connectivity index (χ2n) is 5.53. The topological polar surface area (TPSA) is 57.6 Å². The van der Waals surface area contributed by atoms with Crippen molar-refractivity contribution < 1.29 is 14.7 Å². The highest BCUT2D eigenvalue weighted by molar-refractivity contribution is 7.27. The first kappa shape index (κ1) is 15.0. The quantitative estimate of drug-likeness (QED) is 0.937. The Labute approximate surface area is 125 Å². The third kappa shape index (κ3) is 3.19. The van der Waals surface area contributed by atoms with Crippen molar-refractivity contribution in [1.29, 1.82) is 0 Å². The van der Waals surface area contributed by atoms with Gasteiger partial charge in [-0.05, 0) is 38.3 Å². The number of carbonyl (C=O) groups excluding carboxylic acids is 1. The summed E-state index contributed by atoms with van der Waals surface area (Å²) < 4.78 is 2.20. The van der Waals surface area contributed by atoms with Crippen molar-refractivity contribution in [3.05, 3.63) is 22.4 Å². The Balaban J connectivity index is 2.25. The van der Waals surface area contributed by atoms with E-state index in [4.69, 9.17) is 5.11 Å². The molecule has 1 amide bonds. The van der Waals surface area contributed by atoms with Crippen LogP contribution in [0.4, 0.5) is 0 Å². The zero-order chi connectivity index (χ0) is 14.9. The summed E-state index contributed by atoms with van der Waals surface area (Å²) in [6.07, 6.45) is -0.0389. The van der Waals surface area contributed by atoms with Gasteiger partial charge in [0.15, 0.2) is 0 Å². The molecule has 2 rings (SSSR count). The Bertz CT molecular complexity index is 608. The number of rotatable bonds is 4. The molecule has 1 N–H and O–H groups in total. The number of carboxylic acids is 1. The second kappa shape index (κ2) is 5.54. The van der Waals surface area contributed by atoms with Crippen LogP contribution in [0.1, 0.15) is 36.9 Å². The van der Waals surface area contributed by atoms with Gasteiger partial charge in [0.2, 0.25) is 0 Å². The van der Waals surface area contributed by atoms with Gasteiger partial charge in [0.25, 0.3) is 5.91 Å². The van der Waals surface area contributed by atoms with Crippen molar-refractivity contribution in [1.82, 2.24) is 4.90 Å². The number of aliphatic carboxylic acids is 1. The van der Waals surface area contributed by atoms with Crippen LogP contribution in [-0.4, -0.2) is 34.0 Å². The molecule has 2 heterocycles. The maximum Gasteiger partial charge on any atom is 0.305 e. The van der Waals surface area contributed by atoms with Gasteiger partial charge in [-0.3, -0.25) is 9.59 Å². The first-order chi connectivity index (χ1) is 9.29. The Morgan fingerprint density at radius 3 is 2.55 bits per heavy atom. The van der Waals surface area contributed by atoms with Crippen molar-refractivity contribution >= 4 is 43.9 Å². The minimum absolute atomic E-state index is 0.0389. The number of amides is 1. The van der Waals surface area contributed by atoms with E-state index in [-0.39, 0.29) is 18.9 Å². The van der Waals surface area contributed by atoms with E-state index < -0.39 is 11.5 Å². The number of carbonyl (C=O) groups is 2. The monoisotopic (exact) mass is 311 g/mol. The fourth-order valence-electron chi connectivity index (χ4n) is 1.95. The molecule has 0 spiro atoms. The van der Waals surface area contributed by atoms with Crippen LogP contribution in [-0.2, 0) is 4.79 Å². The summed E-state index contributed by atoms with van der Waals surface area (Å²) in [5.41, 5.74) is -0.399. The lowest BCUT2D eigenvalue weighted by molar-refractivity contribution is -0.137. The minimum Gasteiger partial charge on any atom is -0.481 e. The van der Waals surface area contributed by atoms with E-state index in [0.29, 0.717) is 4.88 Å². The SMILES string of the molecule is CC(C)(C)N(CCC(=O)O)C(=O)c1cc2sccc2s1. The molecule has 2 aromatic heterocycles. The number of thiophene rings is 2. The molecule has 0 saturated carbocycles. The third-order valence-electron chi connectivity index (χ3n) is 2.95. The normalized spacial score (nSPS) is 11.8. The van der Waals surface area contributed by atoms with Gasteiger partial charge < -0.3 is 10.0 Å². The maximum atomic E-state index is 12.6. The zero-order valence-corrected chi connectivity index (χ0v) is 13.3. The molecular formula is C14H17NO3S2. The van der Waals surface area contributed by atoms with Crippen LogP contribution in [0.15, 0.2) is 17.5 Å². The van der Waals surface area contributed by atoms with Crippen molar-refractivity contribution in [2.24, 2.45) is 0 Å². The lowest BCUT2D eigenvalue weighted by atomic mass is 10.1. The van der Waals surface area contributed by atoms with Gasteiger partial charge in [0, 0.05) is 21.5 Å². The zero-order valence-electron chi connectivity index (χ0n) is 11.7. The van der Waals surface area contributed by atoms with Gasteiger partial charge in [0.1, 0.15) is 0 Å². The lowest BCUT2D eigenvalue weighted by Crippen LogP contribution is -2.46. The minimum atomic E-state index is -0.890. The predicted octanol–water partition coefficient (Wildman–Crippen LogP) is 3.68. The van der Waals surface area contributed by atoms with Gasteiger partial charge in [-0.15, -0.1) is 22.7 Å². The van der Waals surface area contributed by atoms with Gasteiger partial charge in [-0.25, -0.2) is 0 Å². The summed E-state index contributed by atoms with van der Waals surface area (Å²) in [5, 5.41) is 10.8. The summed E-state index contributed by atoms with van der Waals surface area (Å²) in [6.45, 7) is 5.98. The first-order valence-corrected chi connectivity index (χ1v) is 7.99. The number of nitrogens with zero attached hydrogens (tertiary/aromatic N) is 1. The fourth-order valence-corrected chi connectivity index (χ4v) is 4.01. The molecule has 0 fully saturated rings. The van der Waals surface area contributed by atoms with E-state index in [0.717, 1.165) is 9.40 Å². The summed E-state index contributed by atoms with van der Waals surface area (Å²) in [7, 11) is 0. The smallest absolute Gasteiger partial charge is 0.305 e. The second-order valence-corrected chi connectivity index (χ2v) is 7.56. The van der Waals surface area contributed by atoms with Gasteiger partial charge in [0.05, 0.1) is 11.3 Å². The molecule has 4 nitrogen and oxygen atoms in total. The summed E-state index contributed by atoms with van der Waals surface area (Å²) in [4.78, 5) is 25.7. The molecule has 0 aromatic carbocycles. The predicted molar refractivity (Wildman–Crippen MR) is 82.7 cm³/mol. The van der Waals surface area contributed by atoms with E-state index in [9.17, 15) is 9.59 Å². The Morgan fingerprint density at radius 2 is 2.00 bits per heavy atom. The molecule has 0 aliphatic heterocycles. The highest BCUT2D eigenvalue weighted by atomic mass is 32.1.